The van der Waals surface area contributed by atoms with Crippen LogP contribution in [0.5, 0.6) is 0 Å². The number of hydrogen-bond acceptors (Lipinski definition) is 3. The SMILES string of the molecule is CCCc1ccc(C(C)(O)CC(OC)OC)cc1. The average Bonchev–Trinajstić information content (AvgIpc) is 2.37. The van der Waals surface area contributed by atoms with E-state index in [1.54, 1.807) is 21.1 Å². The van der Waals surface area contributed by atoms with Gasteiger partial charge in [0.15, 0.2) is 6.29 Å². The highest BCUT2D eigenvalue weighted by atomic mass is 16.7. The lowest BCUT2D eigenvalue weighted by atomic mass is 9.91. The normalized spacial score (nSPS) is 14.8. The van der Waals surface area contributed by atoms with Crippen molar-refractivity contribution in [1.29, 1.82) is 0 Å². The number of aliphatic hydroxyl groups is 1. The molecule has 0 radical (unpaired) electrons. The third-order valence-corrected chi connectivity index (χ3v) is 3.20. The summed E-state index contributed by atoms with van der Waals surface area (Å²) in [5, 5.41) is 10.5. The van der Waals surface area contributed by atoms with Crippen LogP contribution in [0.15, 0.2) is 24.3 Å². The maximum Gasteiger partial charge on any atom is 0.159 e. The second kappa shape index (κ2) is 6.88. The minimum Gasteiger partial charge on any atom is -0.385 e. The molecule has 0 aliphatic heterocycles. The van der Waals surface area contributed by atoms with Crippen molar-refractivity contribution in [3.8, 4) is 0 Å². The topological polar surface area (TPSA) is 38.7 Å². The van der Waals surface area contributed by atoms with Crippen molar-refractivity contribution >= 4 is 0 Å². The van der Waals surface area contributed by atoms with Crippen LogP contribution in [0.2, 0.25) is 0 Å². The third kappa shape index (κ3) is 4.09. The van der Waals surface area contributed by atoms with Gasteiger partial charge in [0.1, 0.15) is 0 Å². The lowest BCUT2D eigenvalue weighted by molar-refractivity contribution is -0.142. The minimum atomic E-state index is -0.943. The molecular formula is C15H24O3. The molecule has 0 amide bonds. The fraction of sp³-hybridized carbons (Fsp3) is 0.600. The fourth-order valence-electron chi connectivity index (χ4n) is 2.02. The van der Waals surface area contributed by atoms with Gasteiger partial charge in [-0.1, -0.05) is 37.6 Å². The summed E-state index contributed by atoms with van der Waals surface area (Å²) in [6, 6.07) is 8.10. The summed E-state index contributed by atoms with van der Waals surface area (Å²) in [4.78, 5) is 0. The number of ether oxygens (including phenoxy) is 2. The molecule has 1 aromatic rings. The maximum absolute atomic E-state index is 10.5. The summed E-state index contributed by atoms with van der Waals surface area (Å²) in [5.74, 6) is 0. The van der Waals surface area contributed by atoms with Gasteiger partial charge < -0.3 is 14.6 Å². The summed E-state index contributed by atoms with van der Waals surface area (Å²) in [6.45, 7) is 3.94. The number of aryl methyl sites for hydroxylation is 1. The Morgan fingerprint density at radius 2 is 1.72 bits per heavy atom. The number of rotatable bonds is 7. The molecule has 0 aromatic heterocycles. The molecule has 1 aromatic carbocycles. The molecular weight excluding hydrogens is 228 g/mol. The first-order valence-corrected chi connectivity index (χ1v) is 6.41. The Morgan fingerprint density at radius 3 is 2.17 bits per heavy atom. The van der Waals surface area contributed by atoms with E-state index in [1.165, 1.54) is 5.56 Å². The van der Waals surface area contributed by atoms with E-state index in [4.69, 9.17) is 9.47 Å². The molecule has 0 fully saturated rings. The summed E-state index contributed by atoms with van der Waals surface area (Å²) < 4.78 is 10.3. The van der Waals surface area contributed by atoms with Gasteiger partial charge in [-0.15, -0.1) is 0 Å². The molecule has 3 nitrogen and oxygen atoms in total. The molecule has 18 heavy (non-hydrogen) atoms. The molecule has 1 N–H and O–H groups in total. The highest BCUT2D eigenvalue weighted by Crippen LogP contribution is 2.27. The monoisotopic (exact) mass is 252 g/mol. The van der Waals surface area contributed by atoms with Crippen molar-refractivity contribution in [3.05, 3.63) is 35.4 Å². The zero-order valence-corrected chi connectivity index (χ0v) is 11.8. The van der Waals surface area contributed by atoms with E-state index < -0.39 is 11.9 Å². The van der Waals surface area contributed by atoms with Gasteiger partial charge in [-0.05, 0) is 24.5 Å². The highest BCUT2D eigenvalue weighted by molar-refractivity contribution is 5.26. The van der Waals surface area contributed by atoms with Gasteiger partial charge >= 0.3 is 0 Å². The number of methoxy groups -OCH3 is 2. The largest absolute Gasteiger partial charge is 0.385 e. The van der Waals surface area contributed by atoms with Crippen LogP contribution >= 0.6 is 0 Å². The Kier molecular flexibility index (Phi) is 5.79. The Morgan fingerprint density at radius 1 is 1.17 bits per heavy atom. The van der Waals surface area contributed by atoms with Crippen LogP contribution in [0, 0.1) is 0 Å². The molecule has 102 valence electrons. The van der Waals surface area contributed by atoms with Crippen molar-refractivity contribution < 1.29 is 14.6 Å². The van der Waals surface area contributed by atoms with Crippen molar-refractivity contribution in [2.75, 3.05) is 14.2 Å². The van der Waals surface area contributed by atoms with E-state index in [2.05, 4.69) is 19.1 Å². The highest BCUT2D eigenvalue weighted by Gasteiger charge is 2.27. The smallest absolute Gasteiger partial charge is 0.159 e. The van der Waals surface area contributed by atoms with Crippen LogP contribution < -0.4 is 0 Å². The first-order chi connectivity index (χ1) is 8.53. The summed E-state index contributed by atoms with van der Waals surface area (Å²) >= 11 is 0. The van der Waals surface area contributed by atoms with Crippen LogP contribution in [-0.4, -0.2) is 25.6 Å². The van der Waals surface area contributed by atoms with Gasteiger partial charge in [-0.3, -0.25) is 0 Å². The van der Waals surface area contributed by atoms with E-state index in [0.717, 1.165) is 18.4 Å². The second-order valence-electron chi connectivity index (χ2n) is 4.83. The van der Waals surface area contributed by atoms with Gasteiger partial charge in [0.25, 0.3) is 0 Å². The van der Waals surface area contributed by atoms with Crippen LogP contribution in [0.25, 0.3) is 0 Å². The van der Waals surface area contributed by atoms with Gasteiger partial charge in [0.05, 0.1) is 5.60 Å². The zero-order chi connectivity index (χ0) is 13.6. The Labute approximate surface area is 110 Å². The van der Waals surface area contributed by atoms with E-state index >= 15 is 0 Å². The van der Waals surface area contributed by atoms with E-state index in [0.29, 0.717) is 6.42 Å². The van der Waals surface area contributed by atoms with Crippen molar-refractivity contribution in [2.24, 2.45) is 0 Å². The molecule has 0 bridgehead atoms. The first-order valence-electron chi connectivity index (χ1n) is 6.41. The summed E-state index contributed by atoms with van der Waals surface area (Å²) in [6.07, 6.45) is 2.22. The van der Waals surface area contributed by atoms with Crippen LogP contribution in [0.1, 0.15) is 37.8 Å². The van der Waals surface area contributed by atoms with Crippen molar-refractivity contribution in [3.63, 3.8) is 0 Å². The van der Waals surface area contributed by atoms with Gasteiger partial charge in [0, 0.05) is 20.6 Å². The Bertz CT molecular complexity index is 339. The van der Waals surface area contributed by atoms with Crippen molar-refractivity contribution in [1.82, 2.24) is 0 Å². The Balaban J connectivity index is 2.77. The van der Waals surface area contributed by atoms with Crippen LogP contribution in [0.3, 0.4) is 0 Å². The third-order valence-electron chi connectivity index (χ3n) is 3.20. The first kappa shape index (κ1) is 15.2. The maximum atomic E-state index is 10.5. The van der Waals surface area contributed by atoms with E-state index in [-0.39, 0.29) is 0 Å². The predicted octanol–water partition coefficient (Wildman–Crippen LogP) is 2.86. The average molecular weight is 252 g/mol. The minimum absolute atomic E-state index is 0.393. The molecule has 1 rings (SSSR count). The molecule has 0 saturated heterocycles. The van der Waals surface area contributed by atoms with E-state index in [1.807, 2.05) is 12.1 Å². The van der Waals surface area contributed by atoms with Gasteiger partial charge in [-0.2, -0.15) is 0 Å². The fourth-order valence-corrected chi connectivity index (χ4v) is 2.02. The van der Waals surface area contributed by atoms with E-state index in [9.17, 15) is 5.11 Å². The van der Waals surface area contributed by atoms with Gasteiger partial charge in [0.2, 0.25) is 0 Å². The van der Waals surface area contributed by atoms with Crippen LogP contribution in [0.4, 0.5) is 0 Å². The molecule has 1 unspecified atom stereocenters. The molecule has 0 aliphatic carbocycles. The standard InChI is InChI=1S/C15H24O3/c1-5-6-12-7-9-13(10-8-12)15(2,16)11-14(17-3)18-4/h7-10,14,16H,5-6,11H2,1-4H3. The lowest BCUT2D eigenvalue weighted by Crippen LogP contribution is -2.29. The zero-order valence-electron chi connectivity index (χ0n) is 11.8. The molecule has 3 heteroatoms. The molecule has 0 spiro atoms. The summed E-state index contributed by atoms with van der Waals surface area (Å²) in [7, 11) is 3.16. The molecule has 0 aliphatic rings. The summed E-state index contributed by atoms with van der Waals surface area (Å²) in [5.41, 5.74) is 1.25. The second-order valence-corrected chi connectivity index (χ2v) is 4.83. The molecule has 0 heterocycles. The predicted molar refractivity (Wildman–Crippen MR) is 72.4 cm³/mol. The number of benzene rings is 1. The number of hydrogen-bond donors (Lipinski definition) is 1. The molecule has 0 saturated carbocycles. The molecule has 1 atom stereocenters. The van der Waals surface area contributed by atoms with Crippen molar-refractivity contribution in [2.45, 2.75) is 45.0 Å². The lowest BCUT2D eigenvalue weighted by Gasteiger charge is -2.27. The van der Waals surface area contributed by atoms with Gasteiger partial charge in [-0.25, -0.2) is 0 Å². The van der Waals surface area contributed by atoms with Crippen LogP contribution in [-0.2, 0) is 21.5 Å². The quantitative estimate of drug-likeness (QED) is 0.758. The Hall–Kier alpha value is -0.900.